The molecule has 0 N–H and O–H groups in total. The minimum Gasteiger partial charge on any atom is -0.487 e. The van der Waals surface area contributed by atoms with E-state index in [-0.39, 0.29) is 11.5 Å². The van der Waals surface area contributed by atoms with Crippen molar-refractivity contribution in [3.8, 4) is 0 Å². The fraction of sp³-hybridized carbons (Fsp3) is 0.286. The van der Waals surface area contributed by atoms with E-state index in [0.717, 1.165) is 6.20 Å². The molecule has 0 unspecified atom stereocenters. The van der Waals surface area contributed by atoms with Gasteiger partial charge in [0.1, 0.15) is 6.20 Å². The van der Waals surface area contributed by atoms with Gasteiger partial charge in [-0.2, -0.15) is 0 Å². The van der Waals surface area contributed by atoms with Crippen LogP contribution < -0.4 is 0 Å². The summed E-state index contributed by atoms with van der Waals surface area (Å²) in [7, 11) is 0. The van der Waals surface area contributed by atoms with Gasteiger partial charge in [0.25, 0.3) is 0 Å². The summed E-state index contributed by atoms with van der Waals surface area (Å²) in [6.07, 6.45) is 0.998. The summed E-state index contributed by atoms with van der Waals surface area (Å²) in [5, 5.41) is 10.3. The van der Waals surface area contributed by atoms with Gasteiger partial charge in [0.05, 0.1) is 11.5 Å². The summed E-state index contributed by atoms with van der Waals surface area (Å²) in [6, 6.07) is 0. The maximum absolute atomic E-state index is 10.3. The van der Waals surface area contributed by atoms with Crippen molar-refractivity contribution in [3.05, 3.63) is 34.3 Å². The van der Waals surface area contributed by atoms with Crippen molar-refractivity contribution in [2.45, 2.75) is 6.92 Å². The van der Waals surface area contributed by atoms with E-state index in [2.05, 4.69) is 18.3 Å². The molecule has 0 heterocycles. The third kappa shape index (κ3) is 2.96. The first kappa shape index (κ1) is 10.3. The monoisotopic (exact) mass is 170 g/mol. The number of ether oxygens (including phenoxy) is 1. The molecule has 0 fully saturated rings. The lowest BCUT2D eigenvalue weighted by molar-refractivity contribution is -0.424. The van der Waals surface area contributed by atoms with Crippen LogP contribution in [0.1, 0.15) is 6.92 Å². The lowest BCUT2D eigenvalue weighted by Gasteiger charge is -2.01. The van der Waals surface area contributed by atoms with Gasteiger partial charge in [0, 0.05) is 0 Å². The average molecular weight is 170 g/mol. The second kappa shape index (κ2) is 5.06. The first-order chi connectivity index (χ1) is 5.63. The molecule has 66 valence electrons. The largest absolute Gasteiger partial charge is 0.487 e. The molecule has 0 saturated heterocycles. The molecule has 0 aliphatic heterocycles. The van der Waals surface area contributed by atoms with Gasteiger partial charge < -0.3 is 4.74 Å². The van der Waals surface area contributed by atoms with Crippen LogP contribution in [0.3, 0.4) is 0 Å². The average Bonchev–Trinajstić information content (AvgIpc) is 1.99. The third-order valence-corrected chi connectivity index (χ3v) is 1.01. The van der Waals surface area contributed by atoms with Crippen LogP contribution >= 0.6 is 0 Å². The van der Waals surface area contributed by atoms with E-state index in [9.17, 15) is 10.1 Å². The molecule has 0 aromatic rings. The van der Waals surface area contributed by atoms with Gasteiger partial charge >= 0.3 is 5.70 Å². The van der Waals surface area contributed by atoms with Crippen molar-refractivity contribution in [1.82, 2.24) is 0 Å². The van der Waals surface area contributed by atoms with Gasteiger partial charge in [-0.25, -0.2) is 0 Å². The van der Waals surface area contributed by atoms with E-state index >= 15 is 0 Å². The molecule has 0 aromatic carbocycles. The van der Waals surface area contributed by atoms with E-state index in [0.29, 0.717) is 6.61 Å². The molecule has 0 aromatic heterocycles. The molecular weight excluding hydrogens is 160 g/mol. The summed E-state index contributed by atoms with van der Waals surface area (Å²) in [5.41, 5.74) is -0.271. The lowest BCUT2D eigenvalue weighted by atomic mass is 10.4. The molecule has 0 aliphatic rings. The standard InChI is InChI=1S/C7H10N2O3/c1-4-12-6(2)7(5-8-3)9(10)11/h5H,2-4H2,1H3/b7-5+. The third-order valence-electron chi connectivity index (χ3n) is 1.01. The summed E-state index contributed by atoms with van der Waals surface area (Å²) < 4.78 is 4.83. The first-order valence-electron chi connectivity index (χ1n) is 3.26. The van der Waals surface area contributed by atoms with E-state index in [1.807, 2.05) is 0 Å². The van der Waals surface area contributed by atoms with Crippen LogP contribution in [-0.4, -0.2) is 18.2 Å². The predicted octanol–water partition coefficient (Wildman–Crippen LogP) is 1.36. The maximum Gasteiger partial charge on any atom is 0.328 e. The number of rotatable bonds is 5. The lowest BCUT2D eigenvalue weighted by Crippen LogP contribution is -2.04. The van der Waals surface area contributed by atoms with Gasteiger partial charge in [-0.05, 0) is 20.2 Å². The zero-order chi connectivity index (χ0) is 9.56. The fourth-order valence-electron chi connectivity index (χ4n) is 0.556. The molecule has 5 nitrogen and oxygen atoms in total. The topological polar surface area (TPSA) is 64.7 Å². The van der Waals surface area contributed by atoms with Gasteiger partial charge in [-0.3, -0.25) is 15.1 Å². The molecule has 0 radical (unpaired) electrons. The van der Waals surface area contributed by atoms with Gasteiger partial charge in [0.2, 0.25) is 0 Å². The molecule has 5 heteroatoms. The SMILES string of the molecule is C=N/C=C(\C(=C)OCC)[N+](=O)[O-]. The maximum atomic E-state index is 10.3. The van der Waals surface area contributed by atoms with Crippen LogP contribution in [0.25, 0.3) is 0 Å². The molecule has 0 rings (SSSR count). The second-order valence-electron chi connectivity index (χ2n) is 1.81. The van der Waals surface area contributed by atoms with Gasteiger partial charge in [-0.1, -0.05) is 0 Å². The van der Waals surface area contributed by atoms with E-state index in [4.69, 9.17) is 4.74 Å². The molecule has 0 bridgehead atoms. The van der Waals surface area contributed by atoms with Crippen LogP contribution in [0.15, 0.2) is 29.2 Å². The Hall–Kier alpha value is -1.65. The van der Waals surface area contributed by atoms with Crippen molar-refractivity contribution in [2.75, 3.05) is 6.61 Å². The van der Waals surface area contributed by atoms with Crippen LogP contribution in [-0.2, 0) is 4.74 Å². The Morgan fingerprint density at radius 3 is 2.75 bits per heavy atom. The van der Waals surface area contributed by atoms with E-state index in [1.54, 1.807) is 6.92 Å². The fourth-order valence-corrected chi connectivity index (χ4v) is 0.556. The summed E-state index contributed by atoms with van der Waals surface area (Å²) in [4.78, 5) is 13.0. The Labute approximate surface area is 70.2 Å². The predicted molar refractivity (Wildman–Crippen MR) is 45.4 cm³/mol. The zero-order valence-corrected chi connectivity index (χ0v) is 6.82. The van der Waals surface area contributed by atoms with Gasteiger partial charge in [0.15, 0.2) is 5.76 Å². The summed E-state index contributed by atoms with van der Waals surface area (Å²) in [5.74, 6) is -0.00472. The molecule has 12 heavy (non-hydrogen) atoms. The van der Waals surface area contributed by atoms with E-state index in [1.165, 1.54) is 0 Å². The highest BCUT2D eigenvalue weighted by molar-refractivity contribution is 5.28. The molecule has 0 saturated carbocycles. The highest BCUT2D eigenvalue weighted by Crippen LogP contribution is 2.09. The highest BCUT2D eigenvalue weighted by Gasteiger charge is 2.15. The van der Waals surface area contributed by atoms with Crippen LogP contribution in [0, 0.1) is 10.1 Å². The van der Waals surface area contributed by atoms with E-state index < -0.39 is 4.92 Å². The molecule has 0 atom stereocenters. The van der Waals surface area contributed by atoms with Crippen LogP contribution in [0.4, 0.5) is 0 Å². The van der Waals surface area contributed by atoms with Crippen molar-refractivity contribution >= 4 is 6.72 Å². The Kier molecular flexibility index (Phi) is 4.36. The van der Waals surface area contributed by atoms with Crippen molar-refractivity contribution in [1.29, 1.82) is 0 Å². The molecular formula is C7H10N2O3. The smallest absolute Gasteiger partial charge is 0.328 e. The minimum absolute atomic E-state index is 0.00472. The Balaban J connectivity index is 4.52. The molecule has 0 spiro atoms. The van der Waals surface area contributed by atoms with Crippen LogP contribution in [0.5, 0.6) is 0 Å². The quantitative estimate of drug-likeness (QED) is 0.206. The summed E-state index contributed by atoms with van der Waals surface area (Å²) >= 11 is 0. The normalized spacial score (nSPS) is 10.6. The first-order valence-corrected chi connectivity index (χ1v) is 3.26. The second-order valence-corrected chi connectivity index (χ2v) is 1.81. The van der Waals surface area contributed by atoms with Crippen molar-refractivity contribution in [3.63, 3.8) is 0 Å². The molecule has 0 aliphatic carbocycles. The minimum atomic E-state index is -0.618. The highest BCUT2D eigenvalue weighted by atomic mass is 16.6. The Morgan fingerprint density at radius 2 is 2.42 bits per heavy atom. The Morgan fingerprint density at radius 1 is 1.83 bits per heavy atom. The zero-order valence-electron chi connectivity index (χ0n) is 6.82. The number of nitrogens with zero attached hydrogens (tertiary/aromatic N) is 2. The number of aliphatic imine (C=N–C) groups is 1. The number of nitro groups is 1. The van der Waals surface area contributed by atoms with Crippen molar-refractivity contribution < 1.29 is 9.66 Å². The van der Waals surface area contributed by atoms with Crippen LogP contribution in [0.2, 0.25) is 0 Å². The number of hydrogen-bond donors (Lipinski definition) is 0. The molecule has 0 amide bonds. The number of hydrogen-bond acceptors (Lipinski definition) is 4. The van der Waals surface area contributed by atoms with Crippen molar-refractivity contribution in [2.24, 2.45) is 4.99 Å². The Bertz CT molecular complexity index is 233. The van der Waals surface area contributed by atoms with Gasteiger partial charge in [-0.15, -0.1) is 0 Å². The summed E-state index contributed by atoms with van der Waals surface area (Å²) in [6.45, 7) is 8.51.